The number of guanidine groups is 1. The van der Waals surface area contributed by atoms with Gasteiger partial charge >= 0.3 is 0 Å². The van der Waals surface area contributed by atoms with Crippen molar-refractivity contribution in [2.75, 3.05) is 33.3 Å². The second kappa shape index (κ2) is 7.98. The number of carbonyl (C=O) groups excluding carboxylic acids is 1. The molecule has 2 rings (SSSR count). The van der Waals surface area contributed by atoms with E-state index in [-0.39, 0.29) is 16.9 Å². The molecule has 1 amide bonds. The molecule has 2 N–H and O–H groups in total. The summed E-state index contributed by atoms with van der Waals surface area (Å²) in [7, 11) is 1.59. The van der Waals surface area contributed by atoms with E-state index in [9.17, 15) is 4.79 Å². The number of carbonyl (C=O) groups is 1. The van der Waals surface area contributed by atoms with Gasteiger partial charge in [0.25, 0.3) is 5.91 Å². The van der Waals surface area contributed by atoms with Gasteiger partial charge in [-0.2, -0.15) is 0 Å². The lowest BCUT2D eigenvalue weighted by Crippen LogP contribution is -2.72. The van der Waals surface area contributed by atoms with E-state index in [4.69, 9.17) is 4.74 Å². The van der Waals surface area contributed by atoms with Gasteiger partial charge in [-0.1, -0.05) is 19.9 Å². The fourth-order valence-electron chi connectivity index (χ4n) is 2.99. The monoisotopic (exact) mass is 360 g/mol. The van der Waals surface area contributed by atoms with Crippen molar-refractivity contribution in [2.24, 2.45) is 10.4 Å². The number of aliphatic imine (C=N–C) groups is 1. The molecule has 0 spiro atoms. The summed E-state index contributed by atoms with van der Waals surface area (Å²) in [5.74, 6) is 1.47. The minimum Gasteiger partial charge on any atom is -0.497 e. The second-order valence-corrected chi connectivity index (χ2v) is 7.75. The summed E-state index contributed by atoms with van der Waals surface area (Å²) >= 11 is 0. The van der Waals surface area contributed by atoms with Crippen molar-refractivity contribution in [1.29, 1.82) is 0 Å². The maximum atomic E-state index is 12.2. The topological polar surface area (TPSA) is 66.0 Å². The molecule has 1 fully saturated rings. The van der Waals surface area contributed by atoms with E-state index >= 15 is 0 Å². The van der Waals surface area contributed by atoms with E-state index in [2.05, 4.69) is 55.1 Å². The molecule has 0 atom stereocenters. The number of rotatable bonds is 6. The van der Waals surface area contributed by atoms with Crippen LogP contribution in [0.2, 0.25) is 0 Å². The fourth-order valence-corrected chi connectivity index (χ4v) is 2.99. The number of hydrogen-bond acceptors (Lipinski definition) is 3. The number of ether oxygens (including phenoxy) is 1. The third kappa shape index (κ3) is 4.11. The smallest absolute Gasteiger partial charge is 0.251 e. The third-order valence-corrected chi connectivity index (χ3v) is 5.47. The summed E-state index contributed by atoms with van der Waals surface area (Å²) in [6, 6.07) is 7.13. The molecule has 1 saturated heterocycles. The minimum absolute atomic E-state index is 0.0534. The van der Waals surface area contributed by atoms with Crippen molar-refractivity contribution in [3.63, 3.8) is 0 Å². The molecule has 1 aromatic carbocycles. The highest BCUT2D eigenvalue weighted by molar-refractivity contribution is 5.94. The van der Waals surface area contributed by atoms with Gasteiger partial charge in [-0.05, 0) is 39.0 Å². The van der Waals surface area contributed by atoms with Crippen LogP contribution in [-0.4, -0.2) is 55.6 Å². The molecule has 6 heteroatoms. The first-order chi connectivity index (χ1) is 12.2. The van der Waals surface area contributed by atoms with Crippen LogP contribution in [0.15, 0.2) is 29.3 Å². The van der Waals surface area contributed by atoms with Gasteiger partial charge in [0.15, 0.2) is 5.96 Å². The van der Waals surface area contributed by atoms with Crippen molar-refractivity contribution < 1.29 is 9.53 Å². The molecule has 1 aliphatic rings. The Morgan fingerprint density at radius 3 is 2.58 bits per heavy atom. The summed E-state index contributed by atoms with van der Waals surface area (Å²) in [6.45, 7) is 13.9. The lowest BCUT2D eigenvalue weighted by Gasteiger charge is -2.62. The van der Waals surface area contributed by atoms with Crippen LogP contribution in [0.25, 0.3) is 0 Å². The van der Waals surface area contributed by atoms with Gasteiger partial charge in [-0.15, -0.1) is 0 Å². The van der Waals surface area contributed by atoms with E-state index in [0.29, 0.717) is 24.4 Å². The van der Waals surface area contributed by atoms with Gasteiger partial charge in [0.05, 0.1) is 13.7 Å². The van der Waals surface area contributed by atoms with Crippen molar-refractivity contribution in [3.05, 3.63) is 29.8 Å². The number of amides is 1. The highest BCUT2D eigenvalue weighted by atomic mass is 16.5. The Balaban J connectivity index is 1.91. The van der Waals surface area contributed by atoms with Crippen LogP contribution in [-0.2, 0) is 0 Å². The van der Waals surface area contributed by atoms with Gasteiger partial charge in [0.1, 0.15) is 5.75 Å². The summed E-state index contributed by atoms with van der Waals surface area (Å²) < 4.78 is 5.15. The standard InChI is InChI=1S/C20H32N4O2/c1-7-21-18(24-14-19(2,3)20(24,4)5)23-12-11-22-17(25)15-9-8-10-16(13-15)26-6/h8-10,13H,7,11-12,14H2,1-6H3,(H,21,23)(H,22,25). The van der Waals surface area contributed by atoms with E-state index in [1.807, 2.05) is 12.1 Å². The minimum atomic E-state index is -0.116. The zero-order valence-electron chi connectivity index (χ0n) is 16.8. The van der Waals surface area contributed by atoms with Crippen LogP contribution in [0.1, 0.15) is 45.0 Å². The van der Waals surface area contributed by atoms with Gasteiger partial charge in [0.2, 0.25) is 0 Å². The van der Waals surface area contributed by atoms with Gasteiger partial charge < -0.3 is 20.3 Å². The molecule has 0 bridgehead atoms. The summed E-state index contributed by atoms with van der Waals surface area (Å²) in [6.07, 6.45) is 0. The lowest BCUT2D eigenvalue weighted by molar-refractivity contribution is -0.0667. The Hall–Kier alpha value is -2.24. The average Bonchev–Trinajstić information content (AvgIpc) is 2.62. The zero-order valence-corrected chi connectivity index (χ0v) is 16.8. The predicted molar refractivity (Wildman–Crippen MR) is 106 cm³/mol. The van der Waals surface area contributed by atoms with Gasteiger partial charge in [-0.3, -0.25) is 9.79 Å². The van der Waals surface area contributed by atoms with Crippen LogP contribution in [0.3, 0.4) is 0 Å². The van der Waals surface area contributed by atoms with E-state index in [0.717, 1.165) is 19.0 Å². The average molecular weight is 361 g/mol. The Morgan fingerprint density at radius 1 is 1.27 bits per heavy atom. The Morgan fingerprint density at radius 2 is 2.00 bits per heavy atom. The van der Waals surface area contributed by atoms with Crippen molar-refractivity contribution >= 4 is 11.9 Å². The molecule has 26 heavy (non-hydrogen) atoms. The van der Waals surface area contributed by atoms with Crippen LogP contribution in [0.4, 0.5) is 0 Å². The van der Waals surface area contributed by atoms with Crippen LogP contribution in [0.5, 0.6) is 5.75 Å². The molecule has 1 aliphatic heterocycles. The zero-order chi connectivity index (χ0) is 19.4. The molecule has 144 valence electrons. The Labute approximate surface area is 157 Å². The SMILES string of the molecule is CCNC(=NCCNC(=O)c1cccc(OC)c1)N1CC(C)(C)C1(C)C. The normalized spacial score (nSPS) is 18.1. The molecule has 1 aromatic rings. The highest BCUT2D eigenvalue weighted by Gasteiger charge is 2.53. The molecular weight excluding hydrogens is 328 g/mol. The number of hydrogen-bond donors (Lipinski definition) is 2. The summed E-state index contributed by atoms with van der Waals surface area (Å²) in [5.41, 5.74) is 0.896. The van der Waals surface area contributed by atoms with E-state index < -0.39 is 0 Å². The van der Waals surface area contributed by atoms with Crippen LogP contribution in [0, 0.1) is 5.41 Å². The van der Waals surface area contributed by atoms with Crippen LogP contribution < -0.4 is 15.4 Å². The lowest BCUT2D eigenvalue weighted by atomic mass is 9.65. The van der Waals surface area contributed by atoms with Crippen molar-refractivity contribution in [3.8, 4) is 5.75 Å². The number of methoxy groups -OCH3 is 1. The quantitative estimate of drug-likeness (QED) is 0.465. The van der Waals surface area contributed by atoms with E-state index in [1.54, 1.807) is 19.2 Å². The molecule has 0 saturated carbocycles. The van der Waals surface area contributed by atoms with Gasteiger partial charge in [-0.25, -0.2) is 0 Å². The second-order valence-electron chi connectivity index (χ2n) is 7.75. The molecular formula is C20H32N4O2. The summed E-state index contributed by atoms with van der Waals surface area (Å²) in [4.78, 5) is 19.2. The Bertz CT molecular complexity index is 668. The van der Waals surface area contributed by atoms with Gasteiger partial charge in [0, 0.05) is 36.2 Å². The third-order valence-electron chi connectivity index (χ3n) is 5.47. The fraction of sp³-hybridized carbons (Fsp3) is 0.600. The molecule has 0 aromatic heterocycles. The maximum absolute atomic E-state index is 12.2. The molecule has 6 nitrogen and oxygen atoms in total. The number of likely N-dealkylation sites (tertiary alicyclic amines) is 1. The van der Waals surface area contributed by atoms with Crippen molar-refractivity contribution in [2.45, 2.75) is 40.2 Å². The largest absolute Gasteiger partial charge is 0.497 e. The predicted octanol–water partition coefficient (Wildman–Crippen LogP) is 2.51. The summed E-state index contributed by atoms with van der Waals surface area (Å²) in [5, 5.41) is 6.27. The first-order valence-corrected chi connectivity index (χ1v) is 9.21. The molecule has 0 aliphatic carbocycles. The van der Waals surface area contributed by atoms with E-state index in [1.165, 1.54) is 0 Å². The first kappa shape index (κ1) is 20.1. The highest BCUT2D eigenvalue weighted by Crippen LogP contribution is 2.46. The number of benzene rings is 1. The molecule has 1 heterocycles. The molecule has 0 unspecified atom stereocenters. The molecule has 0 radical (unpaired) electrons. The first-order valence-electron chi connectivity index (χ1n) is 9.21. The van der Waals surface area contributed by atoms with Crippen LogP contribution >= 0.6 is 0 Å². The maximum Gasteiger partial charge on any atom is 0.251 e. The number of nitrogens with one attached hydrogen (secondary N) is 2. The Kier molecular flexibility index (Phi) is 6.16. The number of nitrogens with zero attached hydrogens (tertiary/aromatic N) is 2. The van der Waals surface area contributed by atoms with Crippen molar-refractivity contribution in [1.82, 2.24) is 15.5 Å².